The van der Waals surface area contributed by atoms with Crippen LogP contribution in [0.15, 0.2) is 52.9 Å². The van der Waals surface area contributed by atoms with E-state index in [4.69, 9.17) is 16.3 Å². The highest BCUT2D eigenvalue weighted by Crippen LogP contribution is 2.22. The van der Waals surface area contributed by atoms with E-state index in [1.807, 2.05) is 31.2 Å². The summed E-state index contributed by atoms with van der Waals surface area (Å²) in [6.45, 7) is 3.72. The van der Waals surface area contributed by atoms with Crippen LogP contribution in [0.25, 0.3) is 0 Å². The van der Waals surface area contributed by atoms with Gasteiger partial charge in [0.05, 0.1) is 16.6 Å². The first kappa shape index (κ1) is 22.2. The van der Waals surface area contributed by atoms with Crippen molar-refractivity contribution >= 4 is 44.0 Å². The number of rotatable bonds is 8. The van der Waals surface area contributed by atoms with Crippen LogP contribution in [0.5, 0.6) is 5.75 Å². The summed E-state index contributed by atoms with van der Waals surface area (Å²) in [6, 6.07) is 13.4. The number of nitrogens with one attached hydrogen (secondary N) is 2. The molecular formula is C19H19ClN4O4S2. The number of aromatic nitrogens is 2. The fraction of sp³-hybridized carbons (Fsp3) is 0.211. The molecule has 8 nitrogen and oxygen atoms in total. The minimum absolute atomic E-state index is 0.0455. The largest absolute Gasteiger partial charge is 0.492 e. The zero-order valence-corrected chi connectivity index (χ0v) is 18.5. The molecule has 2 aromatic carbocycles. The number of aryl methyl sites for hydroxylation is 1. The topological polar surface area (TPSA) is 110 Å². The smallest absolute Gasteiger partial charge is 0.270 e. The van der Waals surface area contributed by atoms with E-state index in [0.717, 1.165) is 16.9 Å². The number of nitrogens with zero attached hydrogens (tertiary/aromatic N) is 2. The van der Waals surface area contributed by atoms with E-state index in [-0.39, 0.29) is 26.7 Å². The molecule has 1 aromatic heterocycles. The van der Waals surface area contributed by atoms with Gasteiger partial charge in [-0.3, -0.25) is 10.1 Å². The van der Waals surface area contributed by atoms with Crippen LogP contribution < -0.4 is 14.8 Å². The number of amides is 1. The van der Waals surface area contributed by atoms with E-state index < -0.39 is 22.0 Å². The third-order valence-corrected chi connectivity index (χ3v) is 7.04. The maximum Gasteiger partial charge on any atom is 0.270 e. The third-order valence-electron chi connectivity index (χ3n) is 3.91. The van der Waals surface area contributed by atoms with Crippen LogP contribution >= 0.6 is 22.9 Å². The summed E-state index contributed by atoms with van der Waals surface area (Å²) in [4.78, 5) is 12.3. The van der Waals surface area contributed by atoms with Crippen LogP contribution in [-0.2, 0) is 10.0 Å². The zero-order chi connectivity index (χ0) is 21.7. The second kappa shape index (κ2) is 9.52. The van der Waals surface area contributed by atoms with Gasteiger partial charge in [0.15, 0.2) is 0 Å². The molecule has 1 amide bonds. The SMILES string of the molecule is Cc1ccccc1OC[C@@H](C)NS(=O)(=O)c1nnc(NC(=O)c2ccccc2Cl)s1. The van der Waals surface area contributed by atoms with Crippen LogP contribution in [0.4, 0.5) is 5.13 Å². The van der Waals surface area contributed by atoms with Gasteiger partial charge in [0.25, 0.3) is 15.9 Å². The second-order valence-electron chi connectivity index (χ2n) is 6.41. The maximum absolute atomic E-state index is 12.6. The number of ether oxygens (including phenoxy) is 1. The molecule has 1 atom stereocenters. The third kappa shape index (κ3) is 5.54. The number of hydrogen-bond acceptors (Lipinski definition) is 7. The lowest BCUT2D eigenvalue weighted by molar-refractivity contribution is 0.102. The molecule has 0 unspecified atom stereocenters. The lowest BCUT2D eigenvalue weighted by atomic mass is 10.2. The Morgan fingerprint density at radius 1 is 1.17 bits per heavy atom. The van der Waals surface area contributed by atoms with Crippen molar-refractivity contribution in [2.45, 2.75) is 24.2 Å². The molecule has 11 heteroatoms. The molecule has 0 saturated carbocycles. The van der Waals surface area contributed by atoms with E-state index in [1.54, 1.807) is 31.2 Å². The van der Waals surface area contributed by atoms with E-state index in [0.29, 0.717) is 5.75 Å². The Hall–Kier alpha value is -2.53. The molecule has 0 aliphatic carbocycles. The van der Waals surface area contributed by atoms with Gasteiger partial charge in [-0.05, 0) is 37.6 Å². The Bertz CT molecular complexity index is 1150. The Labute approximate surface area is 183 Å². The molecule has 1 heterocycles. The van der Waals surface area contributed by atoms with E-state index in [1.165, 1.54) is 0 Å². The summed E-state index contributed by atoms with van der Waals surface area (Å²) >= 11 is 6.73. The number of anilines is 1. The van der Waals surface area contributed by atoms with Crippen molar-refractivity contribution in [3.8, 4) is 5.75 Å². The number of para-hydroxylation sites is 1. The Morgan fingerprint density at radius 2 is 1.87 bits per heavy atom. The lowest BCUT2D eigenvalue weighted by Crippen LogP contribution is -2.36. The second-order valence-corrected chi connectivity index (χ2v) is 9.68. The molecule has 0 aliphatic rings. The fourth-order valence-corrected chi connectivity index (χ4v) is 4.82. The summed E-state index contributed by atoms with van der Waals surface area (Å²) in [5, 5.41) is 10.2. The number of sulfonamides is 1. The Balaban J connectivity index is 1.61. The number of carbonyl (C=O) groups is 1. The molecule has 0 fully saturated rings. The van der Waals surface area contributed by atoms with Crippen LogP contribution in [0.2, 0.25) is 5.02 Å². The van der Waals surface area contributed by atoms with Crippen molar-refractivity contribution in [2.24, 2.45) is 0 Å². The first-order chi connectivity index (χ1) is 14.3. The molecule has 0 saturated heterocycles. The normalized spacial score (nSPS) is 12.4. The van der Waals surface area contributed by atoms with Gasteiger partial charge in [-0.25, -0.2) is 13.1 Å². The highest BCUT2D eigenvalue weighted by molar-refractivity contribution is 7.91. The average molecular weight is 467 g/mol. The van der Waals surface area contributed by atoms with E-state index in [2.05, 4.69) is 20.2 Å². The maximum atomic E-state index is 12.6. The van der Waals surface area contributed by atoms with Gasteiger partial charge in [0.2, 0.25) is 9.47 Å². The zero-order valence-electron chi connectivity index (χ0n) is 16.1. The molecule has 0 bridgehead atoms. The van der Waals surface area contributed by atoms with Crippen molar-refractivity contribution < 1.29 is 17.9 Å². The fourth-order valence-electron chi connectivity index (χ4n) is 2.46. The Kier molecular flexibility index (Phi) is 7.03. The highest BCUT2D eigenvalue weighted by Gasteiger charge is 2.24. The van der Waals surface area contributed by atoms with Crippen molar-refractivity contribution in [3.05, 3.63) is 64.7 Å². The van der Waals surface area contributed by atoms with Gasteiger partial charge < -0.3 is 4.74 Å². The first-order valence-electron chi connectivity index (χ1n) is 8.86. The minimum Gasteiger partial charge on any atom is -0.492 e. The van der Waals surface area contributed by atoms with E-state index >= 15 is 0 Å². The molecule has 3 rings (SSSR count). The molecule has 158 valence electrons. The van der Waals surface area contributed by atoms with Crippen molar-refractivity contribution in [1.29, 1.82) is 0 Å². The van der Waals surface area contributed by atoms with Crippen molar-refractivity contribution in [3.63, 3.8) is 0 Å². The standard InChI is InChI=1S/C19H19ClN4O4S2/c1-12-7-3-6-10-16(12)28-11-13(2)24-30(26,27)19-23-22-18(29-19)21-17(25)14-8-4-5-9-15(14)20/h3-10,13,24H,11H2,1-2H3,(H,21,22,25)/t13-/m1/s1. The summed E-state index contributed by atoms with van der Waals surface area (Å²) < 4.78 is 33.0. The summed E-state index contributed by atoms with van der Waals surface area (Å²) in [7, 11) is -3.92. The number of hydrogen-bond donors (Lipinski definition) is 2. The number of benzene rings is 2. The highest BCUT2D eigenvalue weighted by atomic mass is 35.5. The lowest BCUT2D eigenvalue weighted by Gasteiger charge is -2.15. The number of halogens is 1. The first-order valence-corrected chi connectivity index (χ1v) is 11.5. The van der Waals surface area contributed by atoms with Crippen molar-refractivity contribution in [2.75, 3.05) is 11.9 Å². The van der Waals surface area contributed by atoms with Gasteiger partial charge in [-0.15, -0.1) is 10.2 Å². The predicted molar refractivity (Wildman–Crippen MR) is 116 cm³/mol. The summed E-state index contributed by atoms with van der Waals surface area (Å²) in [5.41, 5.74) is 1.20. The summed E-state index contributed by atoms with van der Waals surface area (Å²) in [5.74, 6) is 0.178. The van der Waals surface area contributed by atoms with Gasteiger partial charge in [0, 0.05) is 0 Å². The molecule has 0 radical (unpaired) electrons. The van der Waals surface area contributed by atoms with E-state index in [9.17, 15) is 13.2 Å². The van der Waals surface area contributed by atoms with Crippen LogP contribution in [0.1, 0.15) is 22.8 Å². The molecule has 0 aliphatic heterocycles. The molecular weight excluding hydrogens is 448 g/mol. The van der Waals surface area contributed by atoms with Crippen molar-refractivity contribution in [1.82, 2.24) is 14.9 Å². The summed E-state index contributed by atoms with van der Waals surface area (Å²) in [6.07, 6.45) is 0. The van der Waals surface area contributed by atoms with Gasteiger partial charge in [-0.1, -0.05) is 53.3 Å². The van der Waals surface area contributed by atoms with Crippen LogP contribution in [0.3, 0.4) is 0 Å². The Morgan fingerprint density at radius 3 is 2.60 bits per heavy atom. The molecule has 2 N–H and O–H groups in total. The number of carbonyl (C=O) groups excluding carboxylic acids is 1. The predicted octanol–water partition coefficient (Wildman–Crippen LogP) is 3.50. The van der Waals surface area contributed by atoms with Crippen LogP contribution in [-0.4, -0.2) is 37.2 Å². The van der Waals surface area contributed by atoms with Gasteiger partial charge in [-0.2, -0.15) is 0 Å². The molecule has 3 aromatic rings. The minimum atomic E-state index is -3.92. The monoisotopic (exact) mass is 466 g/mol. The van der Waals surface area contributed by atoms with Gasteiger partial charge in [0.1, 0.15) is 12.4 Å². The molecule has 30 heavy (non-hydrogen) atoms. The quantitative estimate of drug-likeness (QED) is 0.491. The van der Waals surface area contributed by atoms with Crippen LogP contribution in [0, 0.1) is 6.92 Å². The van der Waals surface area contributed by atoms with Gasteiger partial charge >= 0.3 is 0 Å². The average Bonchev–Trinajstić information content (AvgIpc) is 3.17. The molecule has 0 spiro atoms.